The maximum Gasteiger partial charge on any atom is 0.271 e. The largest absolute Gasteiger partial charge is 0.381 e. The summed E-state index contributed by atoms with van der Waals surface area (Å²) in [6, 6.07) is 9.32. The molecule has 1 amide bonds. The first-order valence-corrected chi connectivity index (χ1v) is 14.5. The van der Waals surface area contributed by atoms with E-state index in [9.17, 15) is 4.79 Å². The quantitative estimate of drug-likeness (QED) is 0.468. The number of amides is 1. The average molecular weight is 537 g/mol. The van der Waals surface area contributed by atoms with Crippen LogP contribution >= 0.6 is 0 Å². The van der Waals surface area contributed by atoms with Gasteiger partial charge in [0.2, 0.25) is 0 Å². The van der Waals surface area contributed by atoms with E-state index in [1.807, 2.05) is 26.0 Å². The molecule has 1 aromatic heterocycles. The molecule has 3 aliphatic rings. The molecular formula is C29H44N8O2. The van der Waals surface area contributed by atoms with Gasteiger partial charge in [0, 0.05) is 62.9 Å². The number of likely N-dealkylation sites (tertiary alicyclic amines) is 1. The molecule has 0 bridgehead atoms. The van der Waals surface area contributed by atoms with E-state index in [4.69, 9.17) is 15.5 Å². The molecule has 5 rings (SSSR count). The maximum atomic E-state index is 12.3. The summed E-state index contributed by atoms with van der Waals surface area (Å²) >= 11 is 0. The number of nitrogens with zero attached hydrogens (tertiary/aromatic N) is 5. The van der Waals surface area contributed by atoms with Gasteiger partial charge in [-0.25, -0.2) is 9.97 Å². The van der Waals surface area contributed by atoms with E-state index in [2.05, 4.69) is 49.5 Å². The Kier molecular flexibility index (Phi) is 8.84. The number of carbonyl (C=O) groups is 1. The van der Waals surface area contributed by atoms with Crippen molar-refractivity contribution in [1.29, 1.82) is 0 Å². The van der Waals surface area contributed by atoms with Gasteiger partial charge in [0.15, 0.2) is 17.3 Å². The molecule has 2 aromatic rings. The van der Waals surface area contributed by atoms with Crippen LogP contribution in [0.2, 0.25) is 0 Å². The molecule has 3 aliphatic heterocycles. The molecule has 3 fully saturated rings. The Morgan fingerprint density at radius 2 is 1.62 bits per heavy atom. The lowest BCUT2D eigenvalue weighted by atomic mass is 10.0. The number of ether oxygens (including phenoxy) is 1. The minimum atomic E-state index is -0.594. The number of piperidine rings is 1. The van der Waals surface area contributed by atoms with Gasteiger partial charge in [0.05, 0.1) is 5.69 Å². The predicted octanol–water partition coefficient (Wildman–Crippen LogP) is 3.25. The van der Waals surface area contributed by atoms with Crippen molar-refractivity contribution in [1.82, 2.24) is 19.8 Å². The van der Waals surface area contributed by atoms with Crippen LogP contribution in [-0.2, 0) is 4.74 Å². The molecule has 0 unspecified atom stereocenters. The number of benzene rings is 1. The van der Waals surface area contributed by atoms with Crippen LogP contribution in [0.15, 0.2) is 24.3 Å². The Bertz CT molecular complexity index is 1100. The highest BCUT2D eigenvalue weighted by molar-refractivity contribution is 5.96. The summed E-state index contributed by atoms with van der Waals surface area (Å²) in [4.78, 5) is 29.4. The van der Waals surface area contributed by atoms with E-state index in [-0.39, 0.29) is 17.7 Å². The summed E-state index contributed by atoms with van der Waals surface area (Å²) in [6.07, 6.45) is 4.37. The summed E-state index contributed by atoms with van der Waals surface area (Å²) in [5, 5.41) is 6.86. The molecule has 39 heavy (non-hydrogen) atoms. The minimum Gasteiger partial charge on any atom is -0.381 e. The maximum absolute atomic E-state index is 12.3. The molecule has 0 radical (unpaired) electrons. The van der Waals surface area contributed by atoms with Crippen molar-refractivity contribution in [2.75, 3.05) is 75.1 Å². The zero-order chi connectivity index (χ0) is 27.4. The molecule has 0 atom stereocenters. The molecule has 4 heterocycles. The Labute approximate surface area is 232 Å². The molecule has 0 aliphatic carbocycles. The van der Waals surface area contributed by atoms with Gasteiger partial charge in [0.1, 0.15) is 0 Å². The molecule has 4 N–H and O–H groups in total. The van der Waals surface area contributed by atoms with Crippen LogP contribution in [0.5, 0.6) is 0 Å². The van der Waals surface area contributed by atoms with E-state index < -0.39 is 5.91 Å². The second-order valence-electron chi connectivity index (χ2n) is 11.4. The highest BCUT2D eigenvalue weighted by Gasteiger charge is 2.27. The van der Waals surface area contributed by atoms with E-state index in [0.717, 1.165) is 69.7 Å². The zero-order valence-electron chi connectivity index (χ0n) is 23.7. The normalized spacial score (nSPS) is 20.4. The number of carbonyl (C=O) groups excluding carboxylic acids is 1. The first-order chi connectivity index (χ1) is 18.9. The van der Waals surface area contributed by atoms with Gasteiger partial charge >= 0.3 is 0 Å². The summed E-state index contributed by atoms with van der Waals surface area (Å²) in [6.45, 7) is 12.2. The first-order valence-electron chi connectivity index (χ1n) is 14.5. The van der Waals surface area contributed by atoms with Gasteiger partial charge < -0.3 is 30.9 Å². The first kappa shape index (κ1) is 27.6. The standard InChI is InChI=1S/C29H44N8O2/c1-20(2)25-28(32-22-10-18-39-19-11-22)34-29(26(33-25)27(30)38)31-21-4-6-23(7-5-21)36-14-16-37(17-15-36)24-8-12-35(3)13-9-24/h4-7,20,22,24H,8-19H2,1-3H3,(H2,30,38)(H2,31,32,34). The molecule has 10 nitrogen and oxygen atoms in total. The van der Waals surface area contributed by atoms with Crippen molar-refractivity contribution in [3.8, 4) is 0 Å². The number of aromatic nitrogens is 2. The summed E-state index contributed by atoms with van der Waals surface area (Å²) in [5.74, 6) is 0.569. The van der Waals surface area contributed by atoms with Crippen LogP contribution in [0.3, 0.4) is 0 Å². The van der Waals surface area contributed by atoms with Gasteiger partial charge in [-0.1, -0.05) is 13.8 Å². The van der Waals surface area contributed by atoms with Crippen LogP contribution in [0.1, 0.15) is 61.6 Å². The Balaban J connectivity index is 1.26. The highest BCUT2D eigenvalue weighted by atomic mass is 16.5. The number of hydrogen-bond acceptors (Lipinski definition) is 9. The lowest BCUT2D eigenvalue weighted by Crippen LogP contribution is -2.52. The summed E-state index contributed by atoms with van der Waals surface area (Å²) in [5.41, 5.74) is 8.69. The van der Waals surface area contributed by atoms with Gasteiger partial charge in [-0.3, -0.25) is 9.69 Å². The van der Waals surface area contributed by atoms with Crippen molar-refractivity contribution in [2.45, 2.75) is 57.5 Å². The monoisotopic (exact) mass is 536 g/mol. The van der Waals surface area contributed by atoms with Crippen molar-refractivity contribution >= 4 is 28.9 Å². The van der Waals surface area contributed by atoms with Gasteiger partial charge in [-0.05, 0) is 76.0 Å². The van der Waals surface area contributed by atoms with Crippen LogP contribution in [0, 0.1) is 0 Å². The van der Waals surface area contributed by atoms with Crippen molar-refractivity contribution < 1.29 is 9.53 Å². The lowest BCUT2D eigenvalue weighted by molar-refractivity contribution is 0.0903. The zero-order valence-corrected chi connectivity index (χ0v) is 23.7. The second-order valence-corrected chi connectivity index (χ2v) is 11.4. The number of hydrogen-bond donors (Lipinski definition) is 3. The Morgan fingerprint density at radius 1 is 0.949 bits per heavy atom. The van der Waals surface area contributed by atoms with E-state index >= 15 is 0 Å². The predicted molar refractivity (Wildman–Crippen MR) is 156 cm³/mol. The number of nitrogens with two attached hydrogens (primary N) is 1. The number of anilines is 4. The molecule has 212 valence electrons. The third-order valence-electron chi connectivity index (χ3n) is 8.28. The Morgan fingerprint density at radius 3 is 2.23 bits per heavy atom. The van der Waals surface area contributed by atoms with Crippen molar-refractivity contribution in [2.24, 2.45) is 5.73 Å². The lowest BCUT2D eigenvalue weighted by Gasteiger charge is -2.42. The SMILES string of the molecule is CC(C)c1nc(C(N)=O)c(Nc2ccc(N3CCN(C4CCN(C)CC4)CC3)cc2)nc1NC1CCOCC1. The third-order valence-corrected chi connectivity index (χ3v) is 8.28. The van der Waals surface area contributed by atoms with Crippen LogP contribution in [-0.4, -0.2) is 97.3 Å². The number of nitrogens with one attached hydrogen (secondary N) is 2. The fourth-order valence-electron chi connectivity index (χ4n) is 5.85. The van der Waals surface area contributed by atoms with E-state index in [1.54, 1.807) is 0 Å². The van der Waals surface area contributed by atoms with Crippen LogP contribution in [0.4, 0.5) is 23.0 Å². The summed E-state index contributed by atoms with van der Waals surface area (Å²) < 4.78 is 5.50. The number of piperazine rings is 1. The van der Waals surface area contributed by atoms with Gasteiger partial charge in [-0.2, -0.15) is 0 Å². The molecule has 0 spiro atoms. The molecule has 0 saturated carbocycles. The average Bonchev–Trinajstić information content (AvgIpc) is 2.94. The summed E-state index contributed by atoms with van der Waals surface area (Å²) in [7, 11) is 2.22. The molecule has 3 saturated heterocycles. The molecular weight excluding hydrogens is 492 g/mol. The van der Waals surface area contributed by atoms with Gasteiger partial charge in [-0.15, -0.1) is 0 Å². The van der Waals surface area contributed by atoms with Crippen LogP contribution in [0.25, 0.3) is 0 Å². The second kappa shape index (κ2) is 12.5. The topological polar surface area (TPSA) is 112 Å². The smallest absolute Gasteiger partial charge is 0.271 e. The third kappa shape index (κ3) is 6.80. The van der Waals surface area contributed by atoms with Gasteiger partial charge in [0.25, 0.3) is 5.91 Å². The molecule has 1 aromatic carbocycles. The van der Waals surface area contributed by atoms with E-state index in [1.165, 1.54) is 31.6 Å². The molecule has 10 heteroatoms. The number of primary amides is 1. The van der Waals surface area contributed by atoms with Crippen molar-refractivity contribution in [3.05, 3.63) is 35.7 Å². The minimum absolute atomic E-state index is 0.0891. The fraction of sp³-hybridized carbons (Fsp3) is 0.621. The highest BCUT2D eigenvalue weighted by Crippen LogP contribution is 2.29. The van der Waals surface area contributed by atoms with E-state index in [0.29, 0.717) is 11.6 Å². The van der Waals surface area contributed by atoms with Crippen molar-refractivity contribution in [3.63, 3.8) is 0 Å². The Hall–Kier alpha value is -2.95. The number of rotatable bonds is 8. The van der Waals surface area contributed by atoms with Crippen LogP contribution < -0.4 is 21.3 Å². The fourth-order valence-corrected chi connectivity index (χ4v) is 5.85.